The number of aromatic nitrogens is 1. The van der Waals surface area contributed by atoms with Crippen molar-refractivity contribution in [2.45, 2.75) is 25.3 Å². The first kappa shape index (κ1) is 13.6. The zero-order valence-electron chi connectivity index (χ0n) is 10.7. The van der Waals surface area contributed by atoms with Crippen LogP contribution in [0.1, 0.15) is 17.2 Å². The molecular weight excluding hydrogens is 266 g/mol. The molecule has 0 unspecified atom stereocenters. The van der Waals surface area contributed by atoms with Gasteiger partial charge >= 0.3 is 0 Å². The number of anilines is 1. The van der Waals surface area contributed by atoms with Crippen LogP contribution in [0.3, 0.4) is 0 Å². The number of sulfonamides is 1. The summed E-state index contributed by atoms with van der Waals surface area (Å²) in [7, 11) is -3.59. The largest absolute Gasteiger partial charge is 0.445 e. The predicted octanol–water partition coefficient (Wildman–Crippen LogP) is 1.35. The van der Waals surface area contributed by atoms with Gasteiger partial charge in [0.15, 0.2) is 0 Å². The van der Waals surface area contributed by atoms with Crippen LogP contribution in [0.15, 0.2) is 33.7 Å². The number of benzene rings is 1. The third kappa shape index (κ3) is 3.12. The summed E-state index contributed by atoms with van der Waals surface area (Å²) < 4.78 is 31.7. The molecule has 2 aromatic rings. The van der Waals surface area contributed by atoms with E-state index in [1.54, 1.807) is 19.9 Å². The van der Waals surface area contributed by atoms with Gasteiger partial charge in [0.05, 0.1) is 17.6 Å². The third-order valence-electron chi connectivity index (χ3n) is 2.63. The van der Waals surface area contributed by atoms with Gasteiger partial charge in [0, 0.05) is 5.69 Å². The van der Waals surface area contributed by atoms with E-state index in [0.717, 1.165) is 5.56 Å². The maximum Gasteiger partial charge on any atom is 0.241 e. The Balaban J connectivity index is 2.16. The number of nitrogens with one attached hydrogen (secondary N) is 1. The summed E-state index contributed by atoms with van der Waals surface area (Å²) >= 11 is 0. The molecule has 1 heterocycles. The van der Waals surface area contributed by atoms with E-state index in [0.29, 0.717) is 17.3 Å². The fourth-order valence-corrected chi connectivity index (χ4v) is 2.60. The zero-order chi connectivity index (χ0) is 14.0. The first-order valence-electron chi connectivity index (χ1n) is 5.65. The fraction of sp³-hybridized carbons (Fsp3) is 0.250. The van der Waals surface area contributed by atoms with E-state index in [-0.39, 0.29) is 11.4 Å². The fourth-order valence-electron chi connectivity index (χ4n) is 1.54. The van der Waals surface area contributed by atoms with E-state index >= 15 is 0 Å². The minimum absolute atomic E-state index is 0.0135. The van der Waals surface area contributed by atoms with Gasteiger partial charge in [0.25, 0.3) is 0 Å². The van der Waals surface area contributed by atoms with E-state index in [4.69, 9.17) is 10.2 Å². The van der Waals surface area contributed by atoms with Crippen LogP contribution >= 0.6 is 0 Å². The number of rotatable bonds is 4. The molecule has 0 aliphatic heterocycles. The predicted molar refractivity (Wildman–Crippen MR) is 70.9 cm³/mol. The second-order valence-corrected chi connectivity index (χ2v) is 5.97. The van der Waals surface area contributed by atoms with Crippen molar-refractivity contribution in [2.75, 3.05) is 5.73 Å². The quantitative estimate of drug-likeness (QED) is 0.824. The highest BCUT2D eigenvalue weighted by molar-refractivity contribution is 7.89. The van der Waals surface area contributed by atoms with Crippen molar-refractivity contribution in [3.63, 3.8) is 0 Å². The maximum atomic E-state index is 12.1. The van der Waals surface area contributed by atoms with Gasteiger partial charge in [-0.2, -0.15) is 0 Å². The van der Waals surface area contributed by atoms with Crippen LogP contribution in [0.4, 0.5) is 5.69 Å². The molecule has 0 atom stereocenters. The summed E-state index contributed by atoms with van der Waals surface area (Å²) in [5, 5.41) is 0. The Kier molecular flexibility index (Phi) is 3.59. The van der Waals surface area contributed by atoms with Gasteiger partial charge in [-0.3, -0.25) is 0 Å². The summed E-state index contributed by atoms with van der Waals surface area (Å²) in [5.74, 6) is 0.964. The van der Waals surface area contributed by atoms with E-state index in [1.165, 1.54) is 18.3 Å². The molecule has 0 amide bonds. The van der Waals surface area contributed by atoms with Crippen molar-refractivity contribution < 1.29 is 12.8 Å². The molecular formula is C12H15N3O3S. The highest BCUT2D eigenvalue weighted by Gasteiger charge is 2.15. The number of nitrogen functional groups attached to an aromatic ring is 1. The summed E-state index contributed by atoms with van der Waals surface area (Å²) in [6, 6.07) is 4.56. The average Bonchev–Trinajstić information content (AvgIpc) is 2.76. The van der Waals surface area contributed by atoms with Crippen LogP contribution in [0.25, 0.3) is 0 Å². The van der Waals surface area contributed by atoms with Crippen LogP contribution in [-0.4, -0.2) is 13.4 Å². The van der Waals surface area contributed by atoms with Gasteiger partial charge in [-0.25, -0.2) is 18.1 Å². The van der Waals surface area contributed by atoms with Gasteiger partial charge in [-0.05, 0) is 37.6 Å². The Morgan fingerprint density at radius 1 is 1.37 bits per heavy atom. The lowest BCUT2D eigenvalue weighted by Crippen LogP contribution is -2.23. The van der Waals surface area contributed by atoms with Crippen molar-refractivity contribution in [3.8, 4) is 0 Å². The maximum absolute atomic E-state index is 12.1. The number of nitrogens with zero attached hydrogens (tertiary/aromatic N) is 1. The van der Waals surface area contributed by atoms with Gasteiger partial charge in [-0.1, -0.05) is 0 Å². The molecule has 1 aromatic heterocycles. The monoisotopic (exact) mass is 281 g/mol. The Hall–Kier alpha value is -1.86. The van der Waals surface area contributed by atoms with Gasteiger partial charge in [-0.15, -0.1) is 0 Å². The first-order chi connectivity index (χ1) is 8.88. The second-order valence-electron chi connectivity index (χ2n) is 4.21. The normalized spacial score (nSPS) is 11.7. The Morgan fingerprint density at radius 3 is 2.68 bits per heavy atom. The van der Waals surface area contributed by atoms with E-state index in [2.05, 4.69) is 9.71 Å². The average molecular weight is 281 g/mol. The van der Waals surface area contributed by atoms with Crippen molar-refractivity contribution in [2.24, 2.45) is 0 Å². The molecule has 0 bridgehead atoms. The molecule has 0 saturated heterocycles. The molecule has 0 fully saturated rings. The number of hydrogen-bond acceptors (Lipinski definition) is 5. The molecule has 19 heavy (non-hydrogen) atoms. The van der Waals surface area contributed by atoms with Crippen LogP contribution < -0.4 is 10.5 Å². The molecule has 3 N–H and O–H groups in total. The minimum atomic E-state index is -3.59. The Morgan fingerprint density at radius 2 is 2.11 bits per heavy atom. The second kappa shape index (κ2) is 5.02. The van der Waals surface area contributed by atoms with Crippen LogP contribution in [0.5, 0.6) is 0 Å². The summed E-state index contributed by atoms with van der Waals surface area (Å²) in [4.78, 5) is 4.10. The van der Waals surface area contributed by atoms with E-state index < -0.39 is 10.0 Å². The van der Waals surface area contributed by atoms with Crippen molar-refractivity contribution in [1.82, 2.24) is 9.71 Å². The molecule has 0 radical (unpaired) electrons. The number of nitrogens with two attached hydrogens (primary N) is 1. The zero-order valence-corrected chi connectivity index (χ0v) is 11.5. The molecule has 1 aromatic carbocycles. The topological polar surface area (TPSA) is 98.2 Å². The van der Waals surface area contributed by atoms with Crippen molar-refractivity contribution >= 4 is 15.7 Å². The minimum Gasteiger partial charge on any atom is -0.445 e. The molecule has 102 valence electrons. The molecule has 0 aliphatic carbocycles. The number of hydrogen-bond donors (Lipinski definition) is 2. The van der Waals surface area contributed by atoms with Crippen LogP contribution in [0, 0.1) is 13.8 Å². The Bertz CT molecular complexity index is 692. The summed E-state index contributed by atoms with van der Waals surface area (Å²) in [6.45, 7) is 3.51. The van der Waals surface area contributed by atoms with Gasteiger partial charge in [0.2, 0.25) is 15.9 Å². The van der Waals surface area contributed by atoms with Crippen molar-refractivity contribution in [1.29, 1.82) is 0 Å². The van der Waals surface area contributed by atoms with Crippen molar-refractivity contribution in [3.05, 3.63) is 41.6 Å². The summed E-state index contributed by atoms with van der Waals surface area (Å²) in [5.41, 5.74) is 6.93. The molecule has 0 spiro atoms. The van der Waals surface area contributed by atoms with Crippen LogP contribution in [-0.2, 0) is 16.6 Å². The molecule has 7 heteroatoms. The van der Waals surface area contributed by atoms with E-state index in [1.807, 2.05) is 0 Å². The van der Waals surface area contributed by atoms with E-state index in [9.17, 15) is 8.42 Å². The highest BCUT2D eigenvalue weighted by Crippen LogP contribution is 2.17. The summed E-state index contributed by atoms with van der Waals surface area (Å²) in [6.07, 6.45) is 1.54. The molecule has 6 nitrogen and oxygen atoms in total. The van der Waals surface area contributed by atoms with Gasteiger partial charge in [0.1, 0.15) is 5.76 Å². The first-order valence-corrected chi connectivity index (χ1v) is 7.14. The molecule has 2 rings (SSSR count). The van der Waals surface area contributed by atoms with Gasteiger partial charge < -0.3 is 10.2 Å². The number of aryl methyl sites for hydroxylation is 2. The molecule has 0 saturated carbocycles. The highest BCUT2D eigenvalue weighted by atomic mass is 32.2. The lowest BCUT2D eigenvalue weighted by atomic mass is 10.2. The molecule has 0 aliphatic rings. The SMILES string of the molecule is Cc1cnc(CNS(=O)(=O)c2ccc(N)c(C)c2)o1. The lowest BCUT2D eigenvalue weighted by molar-refractivity contribution is 0.463. The smallest absolute Gasteiger partial charge is 0.241 e. The third-order valence-corrected chi connectivity index (χ3v) is 4.03. The standard InChI is InChI=1S/C12H15N3O3S/c1-8-5-10(3-4-11(8)13)19(16,17)15-7-12-14-6-9(2)18-12/h3-6,15H,7,13H2,1-2H3. The number of oxazole rings is 1. The van der Waals surface area contributed by atoms with Crippen LogP contribution in [0.2, 0.25) is 0 Å². The Labute approximate surface area is 111 Å². The lowest BCUT2D eigenvalue weighted by Gasteiger charge is -2.07.